The maximum atomic E-state index is 10.5. The molecule has 146 valence electrons. The molecule has 27 heavy (non-hydrogen) atoms. The molecule has 0 saturated carbocycles. The molecule has 7 nitrogen and oxygen atoms in total. The minimum atomic E-state index is -1.02. The Bertz CT molecular complexity index is 747. The number of hydrogen-bond donors (Lipinski definition) is 5. The third-order valence-electron chi connectivity index (χ3n) is 4.15. The fourth-order valence-corrected chi connectivity index (χ4v) is 2.66. The van der Waals surface area contributed by atoms with Crippen molar-refractivity contribution in [3.05, 3.63) is 59.2 Å². The van der Waals surface area contributed by atoms with E-state index in [0.29, 0.717) is 23.4 Å². The summed E-state index contributed by atoms with van der Waals surface area (Å²) >= 11 is 0. The number of carbonyl (C=O) groups is 1. The van der Waals surface area contributed by atoms with Gasteiger partial charge < -0.3 is 30.5 Å². The Morgan fingerprint density at radius 1 is 1.19 bits per heavy atom. The zero-order valence-corrected chi connectivity index (χ0v) is 15.1. The number of benzene rings is 2. The first-order valence-corrected chi connectivity index (χ1v) is 8.66. The average molecular weight is 375 g/mol. The average Bonchev–Trinajstić information content (AvgIpc) is 2.66. The van der Waals surface area contributed by atoms with E-state index >= 15 is 0 Å². The molecule has 0 heterocycles. The molecular weight excluding hydrogens is 350 g/mol. The van der Waals surface area contributed by atoms with Crippen LogP contribution in [-0.2, 0) is 17.8 Å². The van der Waals surface area contributed by atoms with Crippen LogP contribution in [0.2, 0.25) is 0 Å². The van der Waals surface area contributed by atoms with Gasteiger partial charge in [0, 0.05) is 18.2 Å². The van der Waals surface area contributed by atoms with E-state index in [9.17, 15) is 20.1 Å². The van der Waals surface area contributed by atoms with Gasteiger partial charge in [-0.3, -0.25) is 0 Å². The van der Waals surface area contributed by atoms with Crippen molar-refractivity contribution in [1.82, 2.24) is 5.32 Å². The maximum Gasteiger partial charge on any atom is 0.341 e. The number of rotatable bonds is 10. The van der Waals surface area contributed by atoms with Crippen LogP contribution in [0.25, 0.3) is 0 Å². The van der Waals surface area contributed by atoms with Gasteiger partial charge in [0.1, 0.15) is 11.5 Å². The number of ether oxygens (including phenoxy) is 1. The Kier molecular flexibility index (Phi) is 7.60. The number of aliphatic hydroxyl groups excluding tert-OH is 2. The van der Waals surface area contributed by atoms with Crippen LogP contribution < -0.4 is 10.1 Å². The minimum Gasteiger partial charge on any atom is -0.508 e. The monoisotopic (exact) mass is 375 g/mol. The second-order valence-electron chi connectivity index (χ2n) is 6.40. The van der Waals surface area contributed by atoms with E-state index in [1.807, 2.05) is 19.1 Å². The summed E-state index contributed by atoms with van der Waals surface area (Å²) in [5.74, 6) is -0.509. The number of carboxylic acid groups (broad SMARTS) is 1. The molecular formula is C20H25NO6. The molecule has 0 aliphatic heterocycles. The first kappa shape index (κ1) is 20.7. The van der Waals surface area contributed by atoms with Crippen LogP contribution in [0.4, 0.5) is 0 Å². The Labute approximate surface area is 157 Å². The maximum absolute atomic E-state index is 10.5. The quantitative estimate of drug-likeness (QED) is 0.428. The Hall–Kier alpha value is -2.61. The highest BCUT2D eigenvalue weighted by molar-refractivity contribution is 5.68. The molecule has 0 unspecified atom stereocenters. The fourth-order valence-electron chi connectivity index (χ4n) is 2.66. The van der Waals surface area contributed by atoms with E-state index in [1.165, 1.54) is 6.07 Å². The van der Waals surface area contributed by atoms with E-state index in [2.05, 4.69) is 5.32 Å². The summed E-state index contributed by atoms with van der Waals surface area (Å²) in [5.41, 5.74) is 2.06. The molecule has 0 fully saturated rings. The summed E-state index contributed by atoms with van der Waals surface area (Å²) in [7, 11) is 0. The molecule has 0 radical (unpaired) electrons. The number of hydrogen-bond acceptors (Lipinski definition) is 6. The number of aromatic hydroxyl groups is 1. The largest absolute Gasteiger partial charge is 0.508 e. The lowest BCUT2D eigenvalue weighted by molar-refractivity contribution is -0.139. The van der Waals surface area contributed by atoms with E-state index in [1.54, 1.807) is 24.3 Å². The molecule has 2 aromatic carbocycles. The lowest BCUT2D eigenvalue weighted by Gasteiger charge is -2.18. The standard InChI is InChI=1S/C20H25NO6/c1-13(8-14-2-5-17(6-3-14)27-12-20(25)26)21-10-19(24)15-4-7-18(23)16(9-15)11-22/h2-7,9,13,19,21-24H,8,10-12H2,1H3,(H,25,26)/t13-,19-/m0/s1. The highest BCUT2D eigenvalue weighted by Crippen LogP contribution is 2.22. The summed E-state index contributed by atoms with van der Waals surface area (Å²) in [6.07, 6.45) is -0.0335. The first-order valence-electron chi connectivity index (χ1n) is 8.66. The first-order chi connectivity index (χ1) is 12.9. The van der Waals surface area contributed by atoms with Crippen molar-refractivity contribution >= 4 is 5.97 Å². The number of phenols is 1. The lowest BCUT2D eigenvalue weighted by atomic mass is 10.0. The number of aliphatic hydroxyl groups is 2. The van der Waals surface area contributed by atoms with Crippen molar-refractivity contribution in [2.45, 2.75) is 32.1 Å². The number of nitrogens with one attached hydrogen (secondary N) is 1. The van der Waals surface area contributed by atoms with Gasteiger partial charge in [-0.25, -0.2) is 4.79 Å². The molecule has 0 bridgehead atoms. The van der Waals surface area contributed by atoms with Crippen molar-refractivity contribution in [2.75, 3.05) is 13.2 Å². The van der Waals surface area contributed by atoms with Crippen LogP contribution in [0.5, 0.6) is 11.5 Å². The molecule has 0 aliphatic carbocycles. The van der Waals surface area contributed by atoms with E-state index in [0.717, 1.165) is 12.0 Å². The van der Waals surface area contributed by atoms with Gasteiger partial charge in [0.15, 0.2) is 6.61 Å². The van der Waals surface area contributed by atoms with Crippen molar-refractivity contribution in [2.24, 2.45) is 0 Å². The van der Waals surface area contributed by atoms with Crippen LogP contribution in [-0.4, -0.2) is 45.6 Å². The van der Waals surface area contributed by atoms with Crippen molar-refractivity contribution in [3.8, 4) is 11.5 Å². The van der Waals surface area contributed by atoms with E-state index in [-0.39, 0.29) is 25.0 Å². The van der Waals surface area contributed by atoms with Crippen LogP contribution in [0.3, 0.4) is 0 Å². The Balaban J connectivity index is 1.83. The molecule has 0 aromatic heterocycles. The molecule has 0 amide bonds. The SMILES string of the molecule is C[C@@H](Cc1ccc(OCC(=O)O)cc1)NC[C@H](O)c1ccc(O)c(CO)c1. The second kappa shape index (κ2) is 9.91. The van der Waals surface area contributed by atoms with E-state index < -0.39 is 12.1 Å². The predicted octanol–water partition coefficient (Wildman–Crippen LogP) is 1.60. The van der Waals surface area contributed by atoms with Crippen molar-refractivity contribution in [3.63, 3.8) is 0 Å². The molecule has 0 aliphatic rings. The molecule has 5 N–H and O–H groups in total. The van der Waals surface area contributed by atoms with Gasteiger partial charge in [-0.05, 0) is 48.7 Å². The van der Waals surface area contributed by atoms with Gasteiger partial charge >= 0.3 is 5.97 Å². The van der Waals surface area contributed by atoms with Crippen LogP contribution in [0.15, 0.2) is 42.5 Å². The number of aliphatic carboxylic acids is 1. The van der Waals surface area contributed by atoms with Gasteiger partial charge in [-0.1, -0.05) is 18.2 Å². The summed E-state index contributed by atoms with van der Waals surface area (Å²) in [6, 6.07) is 12.0. The molecule has 7 heteroatoms. The summed E-state index contributed by atoms with van der Waals surface area (Å²) in [5, 5.41) is 40.9. The normalized spacial score (nSPS) is 13.1. The summed E-state index contributed by atoms with van der Waals surface area (Å²) in [4.78, 5) is 10.5. The molecule has 2 atom stereocenters. The Morgan fingerprint density at radius 2 is 1.89 bits per heavy atom. The summed E-state index contributed by atoms with van der Waals surface area (Å²) in [6.45, 7) is 1.67. The van der Waals surface area contributed by atoms with Crippen molar-refractivity contribution < 1.29 is 30.0 Å². The zero-order valence-electron chi connectivity index (χ0n) is 15.1. The highest BCUT2D eigenvalue weighted by atomic mass is 16.5. The fraction of sp³-hybridized carbons (Fsp3) is 0.350. The molecule has 0 saturated heterocycles. The molecule has 2 aromatic rings. The molecule has 0 spiro atoms. The summed E-state index contributed by atoms with van der Waals surface area (Å²) < 4.78 is 5.10. The lowest BCUT2D eigenvalue weighted by Crippen LogP contribution is -2.32. The molecule has 2 rings (SSSR count). The van der Waals surface area contributed by atoms with Gasteiger partial charge in [0.2, 0.25) is 0 Å². The van der Waals surface area contributed by atoms with E-state index in [4.69, 9.17) is 9.84 Å². The third kappa shape index (κ3) is 6.56. The van der Waals surface area contributed by atoms with Gasteiger partial charge in [-0.2, -0.15) is 0 Å². The third-order valence-corrected chi connectivity index (χ3v) is 4.15. The minimum absolute atomic E-state index is 0.00515. The van der Waals surface area contributed by atoms with Gasteiger partial charge in [0.05, 0.1) is 12.7 Å². The van der Waals surface area contributed by atoms with Crippen LogP contribution >= 0.6 is 0 Å². The van der Waals surface area contributed by atoms with Gasteiger partial charge in [-0.15, -0.1) is 0 Å². The Morgan fingerprint density at radius 3 is 2.52 bits per heavy atom. The number of carboxylic acids is 1. The van der Waals surface area contributed by atoms with Crippen molar-refractivity contribution in [1.29, 1.82) is 0 Å². The van der Waals surface area contributed by atoms with Gasteiger partial charge in [0.25, 0.3) is 0 Å². The smallest absolute Gasteiger partial charge is 0.341 e. The second-order valence-corrected chi connectivity index (χ2v) is 6.40. The van der Waals surface area contributed by atoms with Crippen LogP contribution in [0, 0.1) is 0 Å². The topological polar surface area (TPSA) is 119 Å². The predicted molar refractivity (Wildman–Crippen MR) is 99.7 cm³/mol. The highest BCUT2D eigenvalue weighted by Gasteiger charge is 2.12. The zero-order chi connectivity index (χ0) is 19.8. The van der Waals surface area contributed by atoms with Crippen LogP contribution in [0.1, 0.15) is 29.7 Å².